The predicted molar refractivity (Wildman–Crippen MR) is 141 cm³/mol. The van der Waals surface area contributed by atoms with Gasteiger partial charge in [0.05, 0.1) is 18.4 Å². The number of carbonyl (C=O) groups is 1. The van der Waals surface area contributed by atoms with E-state index >= 15 is 0 Å². The number of carbonyl (C=O) groups excluding carboxylic acids is 1. The first-order valence-electron chi connectivity index (χ1n) is 12.1. The molecule has 0 amide bonds. The molecule has 1 heterocycles. The van der Waals surface area contributed by atoms with Crippen molar-refractivity contribution >= 4 is 17.5 Å². The van der Waals surface area contributed by atoms with Crippen LogP contribution >= 0.6 is 11.8 Å². The van der Waals surface area contributed by atoms with Crippen molar-refractivity contribution in [3.05, 3.63) is 90.0 Å². The molecule has 6 heteroatoms. The van der Waals surface area contributed by atoms with Crippen LogP contribution < -0.4 is 4.74 Å². The van der Waals surface area contributed by atoms with Crippen LogP contribution in [0.2, 0.25) is 0 Å². The summed E-state index contributed by atoms with van der Waals surface area (Å²) >= 11 is 1.41. The Hall–Kier alpha value is -3.38. The van der Waals surface area contributed by atoms with Gasteiger partial charge in [0.2, 0.25) is 0 Å². The van der Waals surface area contributed by atoms with Crippen molar-refractivity contribution in [2.45, 2.75) is 43.2 Å². The molecule has 1 aromatic heterocycles. The van der Waals surface area contributed by atoms with Gasteiger partial charge in [-0.05, 0) is 48.6 Å². The van der Waals surface area contributed by atoms with Gasteiger partial charge in [0.1, 0.15) is 5.75 Å². The van der Waals surface area contributed by atoms with Gasteiger partial charge in [-0.25, -0.2) is 0 Å². The summed E-state index contributed by atoms with van der Waals surface area (Å²) in [4.78, 5) is 13.0. The molecule has 0 spiro atoms. The summed E-state index contributed by atoms with van der Waals surface area (Å²) < 4.78 is 7.56. The lowest BCUT2D eigenvalue weighted by Gasteiger charge is -2.22. The first-order valence-corrected chi connectivity index (χ1v) is 13.1. The molecule has 35 heavy (non-hydrogen) atoms. The van der Waals surface area contributed by atoms with Crippen LogP contribution in [0.4, 0.5) is 0 Å². The van der Waals surface area contributed by atoms with E-state index in [1.807, 2.05) is 71.3 Å². The molecule has 0 unspecified atom stereocenters. The highest BCUT2D eigenvalue weighted by Gasteiger charge is 2.20. The minimum Gasteiger partial charge on any atom is -0.496 e. The van der Waals surface area contributed by atoms with E-state index in [4.69, 9.17) is 4.74 Å². The van der Waals surface area contributed by atoms with Crippen LogP contribution in [-0.2, 0) is 0 Å². The lowest BCUT2D eigenvalue weighted by atomic mass is 9.84. The Bertz CT molecular complexity index is 1280. The molecule has 1 saturated carbocycles. The summed E-state index contributed by atoms with van der Waals surface area (Å²) in [6.07, 6.45) is 6.47. The fourth-order valence-electron chi connectivity index (χ4n) is 4.77. The summed E-state index contributed by atoms with van der Waals surface area (Å²) in [5.74, 6) is 2.43. The second-order valence-corrected chi connectivity index (χ2v) is 9.79. The van der Waals surface area contributed by atoms with Crippen molar-refractivity contribution in [2.75, 3.05) is 12.9 Å². The lowest BCUT2D eigenvalue weighted by molar-refractivity contribution is 0.102. The smallest absolute Gasteiger partial charge is 0.196 e. The molecule has 0 atom stereocenters. The molecule has 3 aromatic carbocycles. The van der Waals surface area contributed by atoms with E-state index in [9.17, 15) is 4.79 Å². The second-order valence-electron chi connectivity index (χ2n) is 8.85. The largest absolute Gasteiger partial charge is 0.496 e. The number of aromatic nitrogens is 3. The minimum atomic E-state index is 0.0895. The highest BCUT2D eigenvalue weighted by atomic mass is 32.2. The van der Waals surface area contributed by atoms with Gasteiger partial charge in [0.25, 0.3) is 0 Å². The maximum atomic E-state index is 13.0. The normalized spacial score (nSPS) is 14.1. The Balaban J connectivity index is 1.37. The molecule has 5 nitrogen and oxygen atoms in total. The van der Waals surface area contributed by atoms with Crippen molar-refractivity contribution in [3.63, 3.8) is 0 Å². The third-order valence-corrected chi connectivity index (χ3v) is 7.57. The number of hydrogen-bond acceptors (Lipinski definition) is 5. The molecule has 178 valence electrons. The molecule has 0 saturated heterocycles. The van der Waals surface area contributed by atoms with E-state index in [2.05, 4.69) is 22.3 Å². The van der Waals surface area contributed by atoms with Gasteiger partial charge in [-0.3, -0.25) is 9.36 Å². The van der Waals surface area contributed by atoms with Crippen molar-refractivity contribution in [3.8, 4) is 22.8 Å². The molecule has 1 aliphatic carbocycles. The van der Waals surface area contributed by atoms with Crippen molar-refractivity contribution in [1.29, 1.82) is 0 Å². The van der Waals surface area contributed by atoms with Crippen LogP contribution in [0.5, 0.6) is 5.75 Å². The third-order valence-electron chi connectivity index (χ3n) is 6.64. The summed E-state index contributed by atoms with van der Waals surface area (Å²) in [5.41, 5.74) is 3.89. The van der Waals surface area contributed by atoms with Crippen LogP contribution in [-0.4, -0.2) is 33.4 Å². The third kappa shape index (κ3) is 5.17. The number of Topliss-reactive ketones (excluding diaryl/α,β-unsaturated/α-hetero) is 1. The highest BCUT2D eigenvalue weighted by Crippen LogP contribution is 2.34. The van der Waals surface area contributed by atoms with E-state index < -0.39 is 0 Å². The number of thioether (sulfide) groups is 1. The van der Waals surface area contributed by atoms with Crippen LogP contribution in [0.25, 0.3) is 17.1 Å². The second kappa shape index (κ2) is 10.9. The molecular formula is C29H29N3O2S. The molecular weight excluding hydrogens is 454 g/mol. The predicted octanol–water partition coefficient (Wildman–Crippen LogP) is 6.97. The summed E-state index contributed by atoms with van der Waals surface area (Å²) in [6, 6.07) is 26.0. The molecule has 0 N–H and O–H groups in total. The van der Waals surface area contributed by atoms with Crippen molar-refractivity contribution in [1.82, 2.24) is 14.8 Å². The van der Waals surface area contributed by atoms with Gasteiger partial charge in [-0.15, -0.1) is 10.2 Å². The van der Waals surface area contributed by atoms with E-state index in [0.29, 0.717) is 22.7 Å². The van der Waals surface area contributed by atoms with Gasteiger partial charge in [0.15, 0.2) is 16.8 Å². The van der Waals surface area contributed by atoms with Crippen molar-refractivity contribution < 1.29 is 9.53 Å². The number of rotatable bonds is 8. The SMILES string of the molecule is COc1ccccc1-c1nnc(SCC(=O)c2ccc(C3CCCCC3)cc2)n1-c1ccccc1. The fourth-order valence-corrected chi connectivity index (χ4v) is 5.61. The number of ketones is 1. The molecule has 0 bridgehead atoms. The number of methoxy groups -OCH3 is 1. The molecule has 1 aliphatic rings. The number of benzene rings is 3. The van der Waals surface area contributed by atoms with E-state index in [-0.39, 0.29) is 5.78 Å². The molecule has 0 radical (unpaired) electrons. The van der Waals surface area contributed by atoms with E-state index in [1.54, 1.807) is 7.11 Å². The maximum Gasteiger partial charge on any atom is 0.196 e. The average Bonchev–Trinajstić information content (AvgIpc) is 3.36. The first kappa shape index (κ1) is 23.4. The van der Waals surface area contributed by atoms with Crippen LogP contribution in [0.3, 0.4) is 0 Å². The zero-order valence-corrected chi connectivity index (χ0v) is 20.7. The zero-order chi connectivity index (χ0) is 24.0. The van der Waals surface area contributed by atoms with Gasteiger partial charge in [-0.1, -0.05) is 85.6 Å². The van der Waals surface area contributed by atoms with E-state index in [1.165, 1.54) is 49.4 Å². The van der Waals surface area contributed by atoms with Crippen LogP contribution in [0.1, 0.15) is 53.9 Å². The Labute approximate surface area is 210 Å². The monoisotopic (exact) mass is 483 g/mol. The lowest BCUT2D eigenvalue weighted by Crippen LogP contribution is -2.07. The molecule has 0 aliphatic heterocycles. The molecule has 4 aromatic rings. The van der Waals surface area contributed by atoms with E-state index in [0.717, 1.165) is 22.6 Å². The minimum absolute atomic E-state index is 0.0895. The highest BCUT2D eigenvalue weighted by molar-refractivity contribution is 7.99. The number of nitrogens with zero attached hydrogens (tertiary/aromatic N) is 3. The van der Waals surface area contributed by atoms with Gasteiger partial charge in [-0.2, -0.15) is 0 Å². The van der Waals surface area contributed by atoms with Crippen LogP contribution in [0.15, 0.2) is 84.0 Å². The number of ether oxygens (including phenoxy) is 1. The Morgan fingerprint density at radius 1 is 0.914 bits per heavy atom. The van der Waals surface area contributed by atoms with Crippen LogP contribution in [0, 0.1) is 0 Å². The Morgan fingerprint density at radius 3 is 2.37 bits per heavy atom. The number of hydrogen-bond donors (Lipinski definition) is 0. The maximum absolute atomic E-state index is 13.0. The quantitative estimate of drug-likeness (QED) is 0.200. The number of para-hydroxylation sites is 2. The standard InChI is InChI=1S/C29H29N3O2S/c1-34-27-15-9-8-14-25(27)28-30-31-29(32(28)24-12-6-3-7-13-24)35-20-26(33)23-18-16-22(17-19-23)21-10-4-2-5-11-21/h3,6-9,12-19,21H,2,4-5,10-11,20H2,1H3. The van der Waals surface area contributed by atoms with Gasteiger partial charge in [0, 0.05) is 11.3 Å². The van der Waals surface area contributed by atoms with Gasteiger partial charge >= 0.3 is 0 Å². The zero-order valence-electron chi connectivity index (χ0n) is 19.9. The first-order chi connectivity index (χ1) is 17.2. The molecule has 1 fully saturated rings. The molecule has 5 rings (SSSR count). The summed E-state index contributed by atoms with van der Waals surface area (Å²) in [7, 11) is 1.65. The summed E-state index contributed by atoms with van der Waals surface area (Å²) in [6.45, 7) is 0. The Morgan fingerprint density at radius 2 is 1.63 bits per heavy atom. The topological polar surface area (TPSA) is 57.0 Å². The Kier molecular flexibility index (Phi) is 7.28. The summed E-state index contributed by atoms with van der Waals surface area (Å²) in [5, 5.41) is 9.61. The fraction of sp³-hybridized carbons (Fsp3) is 0.276. The van der Waals surface area contributed by atoms with Crippen molar-refractivity contribution in [2.24, 2.45) is 0 Å². The van der Waals surface area contributed by atoms with Gasteiger partial charge < -0.3 is 4.74 Å². The average molecular weight is 484 g/mol.